The van der Waals surface area contributed by atoms with Gasteiger partial charge in [0.15, 0.2) is 11.5 Å². The van der Waals surface area contributed by atoms with Crippen LogP contribution in [0.1, 0.15) is 18.4 Å². The number of aryl methyl sites for hydroxylation is 1. The maximum Gasteiger partial charge on any atom is 0.160 e. The van der Waals surface area contributed by atoms with Crippen molar-refractivity contribution in [3.63, 3.8) is 0 Å². The van der Waals surface area contributed by atoms with Crippen LogP contribution in [0, 0.1) is 0 Å². The van der Waals surface area contributed by atoms with Crippen LogP contribution < -0.4 is 4.74 Å². The Labute approximate surface area is 134 Å². The van der Waals surface area contributed by atoms with E-state index >= 15 is 0 Å². The number of hydrogen-bond donors (Lipinski definition) is 5. The Bertz CT molecular complexity index is 507. The van der Waals surface area contributed by atoms with Crippen molar-refractivity contribution in [1.29, 1.82) is 0 Å². The number of aromatic hydroxyl groups is 1. The SMILES string of the molecule is COc1cc(CC[C@@H](O)C[C@@H]2OC[C@@H](O)[C@H](O)[C@H]2O)ccc1O. The average Bonchev–Trinajstić information content (AvgIpc) is 2.54. The van der Waals surface area contributed by atoms with Crippen molar-refractivity contribution in [1.82, 2.24) is 0 Å². The zero-order chi connectivity index (χ0) is 17.0. The van der Waals surface area contributed by atoms with E-state index in [4.69, 9.17) is 9.47 Å². The fourth-order valence-corrected chi connectivity index (χ4v) is 2.67. The smallest absolute Gasteiger partial charge is 0.160 e. The molecular formula is C16H24O7. The first-order chi connectivity index (χ1) is 10.9. The fourth-order valence-electron chi connectivity index (χ4n) is 2.67. The summed E-state index contributed by atoms with van der Waals surface area (Å²) in [5.41, 5.74) is 0.902. The number of hydrogen-bond acceptors (Lipinski definition) is 7. The summed E-state index contributed by atoms with van der Waals surface area (Å²) in [7, 11) is 1.47. The molecule has 1 saturated heterocycles. The summed E-state index contributed by atoms with van der Waals surface area (Å²) in [5, 5.41) is 48.5. The normalized spacial score (nSPS) is 29.3. The number of phenolic OH excluding ortho intramolecular Hbond substituents is 1. The predicted octanol–water partition coefficient (Wildman–Crippen LogP) is -0.434. The largest absolute Gasteiger partial charge is 0.504 e. The number of rotatable bonds is 6. The molecule has 1 aromatic carbocycles. The van der Waals surface area contributed by atoms with Crippen molar-refractivity contribution in [2.24, 2.45) is 0 Å². The molecule has 0 spiro atoms. The average molecular weight is 328 g/mol. The summed E-state index contributed by atoms with van der Waals surface area (Å²) in [4.78, 5) is 0. The summed E-state index contributed by atoms with van der Waals surface area (Å²) >= 11 is 0. The van der Waals surface area contributed by atoms with Crippen molar-refractivity contribution in [3.8, 4) is 11.5 Å². The third-order valence-corrected chi connectivity index (χ3v) is 4.12. The van der Waals surface area contributed by atoms with Crippen molar-refractivity contribution >= 4 is 0 Å². The molecule has 0 aliphatic carbocycles. The maximum absolute atomic E-state index is 10.1. The highest BCUT2D eigenvalue weighted by atomic mass is 16.5. The molecule has 1 aliphatic heterocycles. The van der Waals surface area contributed by atoms with Crippen molar-refractivity contribution in [2.45, 2.75) is 49.8 Å². The third-order valence-electron chi connectivity index (χ3n) is 4.12. The van der Waals surface area contributed by atoms with Gasteiger partial charge < -0.3 is 35.0 Å². The minimum Gasteiger partial charge on any atom is -0.504 e. The van der Waals surface area contributed by atoms with Crippen LogP contribution in [0.4, 0.5) is 0 Å². The summed E-state index contributed by atoms with van der Waals surface area (Å²) in [6.45, 7) is -0.0647. The quantitative estimate of drug-likeness (QED) is 0.480. The van der Waals surface area contributed by atoms with Gasteiger partial charge in [-0.1, -0.05) is 6.07 Å². The molecule has 5 atom stereocenters. The van der Waals surface area contributed by atoms with E-state index < -0.39 is 30.5 Å². The Morgan fingerprint density at radius 2 is 2.00 bits per heavy atom. The van der Waals surface area contributed by atoms with Gasteiger partial charge in [-0.3, -0.25) is 0 Å². The van der Waals surface area contributed by atoms with Crippen molar-refractivity contribution in [2.75, 3.05) is 13.7 Å². The van der Waals surface area contributed by atoms with Gasteiger partial charge in [-0.15, -0.1) is 0 Å². The van der Waals surface area contributed by atoms with Crippen LogP contribution in [-0.2, 0) is 11.2 Å². The Morgan fingerprint density at radius 3 is 2.70 bits per heavy atom. The summed E-state index contributed by atoms with van der Waals surface area (Å²) in [6.07, 6.45) is -3.87. The van der Waals surface area contributed by atoms with Gasteiger partial charge in [0, 0.05) is 6.42 Å². The van der Waals surface area contributed by atoms with E-state index in [9.17, 15) is 25.5 Å². The number of methoxy groups -OCH3 is 1. The monoisotopic (exact) mass is 328 g/mol. The van der Waals surface area contributed by atoms with Crippen molar-refractivity contribution in [3.05, 3.63) is 23.8 Å². The molecule has 7 heteroatoms. The molecule has 1 fully saturated rings. The molecule has 23 heavy (non-hydrogen) atoms. The molecular weight excluding hydrogens is 304 g/mol. The minimum atomic E-state index is -1.26. The van der Waals surface area contributed by atoms with E-state index in [1.165, 1.54) is 13.2 Å². The van der Waals surface area contributed by atoms with Gasteiger partial charge in [-0.2, -0.15) is 0 Å². The molecule has 1 heterocycles. The number of benzene rings is 1. The van der Waals surface area contributed by atoms with E-state index in [0.717, 1.165) is 5.56 Å². The Morgan fingerprint density at radius 1 is 1.26 bits per heavy atom. The second kappa shape index (κ2) is 7.94. The molecule has 5 N–H and O–H groups in total. The number of ether oxygens (including phenoxy) is 2. The molecule has 1 aliphatic rings. The van der Waals surface area contributed by atoms with Crippen LogP contribution >= 0.6 is 0 Å². The standard InChI is InChI=1S/C16H24O7/c1-22-13-6-9(3-5-11(13)18)2-4-10(17)7-14-16(21)15(20)12(19)8-23-14/h3,5-6,10,12,14-21H,2,4,7-8H2,1H3/t10-,12-,14+,15+,16+/m1/s1. The lowest BCUT2D eigenvalue weighted by atomic mass is 9.94. The lowest BCUT2D eigenvalue weighted by molar-refractivity contribution is -0.193. The van der Waals surface area contributed by atoms with Gasteiger partial charge in [0.1, 0.15) is 18.3 Å². The molecule has 1 aromatic rings. The van der Waals surface area contributed by atoms with Gasteiger partial charge >= 0.3 is 0 Å². The van der Waals surface area contributed by atoms with Crippen LogP contribution in [0.25, 0.3) is 0 Å². The molecule has 0 saturated carbocycles. The van der Waals surface area contributed by atoms with Crippen LogP contribution in [0.5, 0.6) is 11.5 Å². The van der Waals surface area contributed by atoms with Crippen LogP contribution in [0.3, 0.4) is 0 Å². The topological polar surface area (TPSA) is 120 Å². The summed E-state index contributed by atoms with van der Waals surface area (Å²) in [5.74, 6) is 0.434. The summed E-state index contributed by atoms with van der Waals surface area (Å²) in [6, 6.07) is 4.98. The van der Waals surface area contributed by atoms with E-state index in [1.54, 1.807) is 12.1 Å². The zero-order valence-electron chi connectivity index (χ0n) is 13.0. The first-order valence-corrected chi connectivity index (χ1v) is 7.62. The molecule has 2 rings (SSSR count). The van der Waals surface area contributed by atoms with Crippen LogP contribution in [-0.4, -0.2) is 69.8 Å². The Kier molecular flexibility index (Phi) is 6.20. The van der Waals surface area contributed by atoms with Crippen LogP contribution in [0.2, 0.25) is 0 Å². The molecule has 130 valence electrons. The first kappa shape index (κ1) is 18.0. The fraction of sp³-hybridized carbons (Fsp3) is 0.625. The molecule has 0 radical (unpaired) electrons. The zero-order valence-corrected chi connectivity index (χ0v) is 13.0. The van der Waals surface area contributed by atoms with Gasteiger partial charge in [0.2, 0.25) is 0 Å². The highest BCUT2D eigenvalue weighted by molar-refractivity contribution is 5.41. The maximum atomic E-state index is 10.1. The van der Waals surface area contributed by atoms with E-state index in [1.807, 2.05) is 0 Å². The number of phenols is 1. The summed E-state index contributed by atoms with van der Waals surface area (Å²) < 4.78 is 10.3. The first-order valence-electron chi connectivity index (χ1n) is 7.62. The van der Waals surface area contributed by atoms with Crippen LogP contribution in [0.15, 0.2) is 18.2 Å². The molecule has 0 amide bonds. The number of aliphatic hydroxyl groups is 4. The molecule has 0 aromatic heterocycles. The van der Waals surface area contributed by atoms with E-state index in [0.29, 0.717) is 18.6 Å². The highest BCUT2D eigenvalue weighted by Gasteiger charge is 2.38. The second-order valence-electron chi connectivity index (χ2n) is 5.85. The van der Waals surface area contributed by atoms with Gasteiger partial charge in [-0.25, -0.2) is 0 Å². The van der Waals surface area contributed by atoms with Gasteiger partial charge in [0.05, 0.1) is 25.9 Å². The minimum absolute atomic E-state index is 0.0584. The predicted molar refractivity (Wildman–Crippen MR) is 81.4 cm³/mol. The highest BCUT2D eigenvalue weighted by Crippen LogP contribution is 2.27. The Hall–Kier alpha value is -1.38. The lowest BCUT2D eigenvalue weighted by Crippen LogP contribution is -2.53. The third kappa shape index (κ3) is 4.55. The lowest BCUT2D eigenvalue weighted by Gasteiger charge is -2.36. The Balaban J connectivity index is 1.84. The van der Waals surface area contributed by atoms with Gasteiger partial charge in [0.25, 0.3) is 0 Å². The van der Waals surface area contributed by atoms with Crippen molar-refractivity contribution < 1.29 is 35.0 Å². The molecule has 0 unspecified atom stereocenters. The molecule has 7 nitrogen and oxygen atoms in total. The van der Waals surface area contributed by atoms with E-state index in [2.05, 4.69) is 0 Å². The van der Waals surface area contributed by atoms with E-state index in [-0.39, 0.29) is 18.8 Å². The molecule has 0 bridgehead atoms. The number of aliphatic hydroxyl groups excluding tert-OH is 4. The van der Waals surface area contributed by atoms with Gasteiger partial charge in [-0.05, 0) is 30.5 Å². The second-order valence-corrected chi connectivity index (χ2v) is 5.85.